The minimum atomic E-state index is 0.540. The van der Waals surface area contributed by atoms with Crippen LogP contribution in [0.2, 0.25) is 0 Å². The van der Waals surface area contributed by atoms with Crippen LogP contribution in [-0.4, -0.2) is 34.3 Å². The fourth-order valence-electron chi connectivity index (χ4n) is 2.66. The lowest BCUT2D eigenvalue weighted by atomic mass is 10.1. The molecule has 0 fully saturated rings. The molecular formula is C18H22N4O. The van der Waals surface area contributed by atoms with Crippen LogP contribution in [0.1, 0.15) is 11.1 Å². The Bertz CT molecular complexity index is 796. The van der Waals surface area contributed by atoms with Crippen molar-refractivity contribution in [3.63, 3.8) is 0 Å². The van der Waals surface area contributed by atoms with Crippen LogP contribution in [0.15, 0.2) is 36.7 Å². The van der Waals surface area contributed by atoms with Crippen LogP contribution in [0.25, 0.3) is 22.4 Å². The van der Waals surface area contributed by atoms with E-state index in [1.165, 1.54) is 11.1 Å². The van der Waals surface area contributed by atoms with Gasteiger partial charge in [0, 0.05) is 31.0 Å². The number of hydrogen-bond donors (Lipinski definition) is 1. The predicted molar refractivity (Wildman–Crippen MR) is 92.3 cm³/mol. The van der Waals surface area contributed by atoms with Gasteiger partial charge in [-0.3, -0.25) is 4.98 Å². The van der Waals surface area contributed by atoms with Gasteiger partial charge in [-0.05, 0) is 49.2 Å². The van der Waals surface area contributed by atoms with Gasteiger partial charge in [-0.2, -0.15) is 0 Å². The normalized spacial score (nSPS) is 11.3. The van der Waals surface area contributed by atoms with E-state index >= 15 is 0 Å². The predicted octanol–water partition coefficient (Wildman–Crippen LogP) is 2.69. The Hall–Kier alpha value is -2.24. The lowest BCUT2D eigenvalue weighted by Gasteiger charge is -2.10. The van der Waals surface area contributed by atoms with Crippen LogP contribution in [0.5, 0.6) is 0 Å². The highest BCUT2D eigenvalue weighted by Crippen LogP contribution is 2.26. The van der Waals surface area contributed by atoms with Crippen molar-refractivity contribution >= 4 is 11.0 Å². The zero-order valence-corrected chi connectivity index (χ0v) is 13.6. The zero-order valence-electron chi connectivity index (χ0n) is 13.6. The third kappa shape index (κ3) is 3.25. The third-order valence-electron chi connectivity index (χ3n) is 4.00. The van der Waals surface area contributed by atoms with Gasteiger partial charge in [0.05, 0.1) is 24.2 Å². The summed E-state index contributed by atoms with van der Waals surface area (Å²) in [5, 5.41) is 0. The molecule has 2 N–H and O–H groups in total. The molecule has 23 heavy (non-hydrogen) atoms. The summed E-state index contributed by atoms with van der Waals surface area (Å²) < 4.78 is 7.76. The number of benzene rings is 1. The lowest BCUT2D eigenvalue weighted by Crippen LogP contribution is -2.13. The smallest absolute Gasteiger partial charge is 0.142 e. The summed E-state index contributed by atoms with van der Waals surface area (Å²) in [7, 11) is 0. The zero-order chi connectivity index (χ0) is 16.2. The van der Waals surface area contributed by atoms with Gasteiger partial charge in [-0.1, -0.05) is 0 Å². The first-order chi connectivity index (χ1) is 11.2. The van der Waals surface area contributed by atoms with Gasteiger partial charge in [0.15, 0.2) is 0 Å². The summed E-state index contributed by atoms with van der Waals surface area (Å²) in [5.41, 5.74) is 11.1. The van der Waals surface area contributed by atoms with Crippen molar-refractivity contribution in [2.24, 2.45) is 5.73 Å². The molecule has 5 nitrogen and oxygen atoms in total. The first kappa shape index (κ1) is 15.6. The molecule has 0 spiro atoms. The fourth-order valence-corrected chi connectivity index (χ4v) is 2.66. The van der Waals surface area contributed by atoms with E-state index < -0.39 is 0 Å². The minimum absolute atomic E-state index is 0.540. The van der Waals surface area contributed by atoms with E-state index in [0.29, 0.717) is 19.8 Å². The molecule has 0 saturated carbocycles. The molecule has 3 rings (SSSR count). The SMILES string of the molecule is Cc1cc2nc(-c3cccnc3)n(CCOCCN)c2cc1C. The highest BCUT2D eigenvalue weighted by molar-refractivity contribution is 5.82. The average molecular weight is 310 g/mol. The van der Waals surface area contributed by atoms with E-state index in [-0.39, 0.29) is 0 Å². The molecule has 0 aliphatic heterocycles. The van der Waals surface area contributed by atoms with Gasteiger partial charge in [0.1, 0.15) is 5.82 Å². The molecule has 0 bridgehead atoms. The highest BCUT2D eigenvalue weighted by atomic mass is 16.5. The highest BCUT2D eigenvalue weighted by Gasteiger charge is 2.13. The molecule has 0 amide bonds. The fraction of sp³-hybridized carbons (Fsp3) is 0.333. The van der Waals surface area contributed by atoms with Gasteiger partial charge in [0.2, 0.25) is 0 Å². The number of rotatable bonds is 6. The largest absolute Gasteiger partial charge is 0.378 e. The summed E-state index contributed by atoms with van der Waals surface area (Å²) in [6, 6.07) is 8.30. The van der Waals surface area contributed by atoms with E-state index in [1.54, 1.807) is 6.20 Å². The Balaban J connectivity index is 2.06. The first-order valence-corrected chi connectivity index (χ1v) is 7.86. The second-order valence-electron chi connectivity index (χ2n) is 5.65. The molecule has 3 aromatic rings. The number of ether oxygens (including phenoxy) is 1. The molecule has 1 aromatic carbocycles. The Morgan fingerprint density at radius 2 is 2.00 bits per heavy atom. The molecule has 0 aliphatic carbocycles. The minimum Gasteiger partial charge on any atom is -0.378 e. The number of fused-ring (bicyclic) bond motifs is 1. The van der Waals surface area contributed by atoms with Crippen molar-refractivity contribution in [3.8, 4) is 11.4 Å². The van der Waals surface area contributed by atoms with Gasteiger partial charge in [0.25, 0.3) is 0 Å². The molecular weight excluding hydrogens is 288 g/mol. The van der Waals surface area contributed by atoms with Gasteiger partial charge in [-0.15, -0.1) is 0 Å². The summed E-state index contributed by atoms with van der Waals surface area (Å²) >= 11 is 0. The average Bonchev–Trinajstić information content (AvgIpc) is 2.91. The maximum absolute atomic E-state index is 5.56. The Labute approximate surface area is 136 Å². The number of imidazole rings is 1. The summed E-state index contributed by atoms with van der Waals surface area (Å²) in [4.78, 5) is 9.04. The van der Waals surface area contributed by atoms with Gasteiger partial charge in [-0.25, -0.2) is 4.98 Å². The summed E-state index contributed by atoms with van der Waals surface area (Å²) in [6.07, 6.45) is 3.62. The van der Waals surface area contributed by atoms with Crippen LogP contribution in [0.4, 0.5) is 0 Å². The van der Waals surface area contributed by atoms with Crippen molar-refractivity contribution in [1.29, 1.82) is 0 Å². The van der Waals surface area contributed by atoms with E-state index in [0.717, 1.165) is 29.0 Å². The van der Waals surface area contributed by atoms with Crippen LogP contribution in [0, 0.1) is 13.8 Å². The summed E-state index contributed by atoms with van der Waals surface area (Å²) in [6.45, 7) is 6.71. The molecule has 0 saturated heterocycles. The second-order valence-corrected chi connectivity index (χ2v) is 5.65. The number of nitrogens with two attached hydrogens (primary N) is 1. The molecule has 0 unspecified atom stereocenters. The molecule has 2 heterocycles. The quantitative estimate of drug-likeness (QED) is 0.711. The van der Waals surface area contributed by atoms with E-state index in [2.05, 4.69) is 35.5 Å². The van der Waals surface area contributed by atoms with E-state index in [4.69, 9.17) is 15.5 Å². The molecule has 0 atom stereocenters. The van der Waals surface area contributed by atoms with Crippen molar-refractivity contribution in [2.45, 2.75) is 20.4 Å². The monoisotopic (exact) mass is 310 g/mol. The summed E-state index contributed by atoms with van der Waals surface area (Å²) in [5.74, 6) is 0.925. The lowest BCUT2D eigenvalue weighted by molar-refractivity contribution is 0.134. The number of pyridine rings is 1. The number of aromatic nitrogens is 3. The van der Waals surface area contributed by atoms with Crippen LogP contribution in [0.3, 0.4) is 0 Å². The Morgan fingerprint density at radius 3 is 2.74 bits per heavy atom. The number of nitrogens with zero attached hydrogens (tertiary/aromatic N) is 3. The maximum atomic E-state index is 5.56. The Kier molecular flexibility index (Phi) is 4.69. The molecule has 120 valence electrons. The van der Waals surface area contributed by atoms with E-state index in [1.807, 2.05) is 18.3 Å². The van der Waals surface area contributed by atoms with Crippen LogP contribution >= 0.6 is 0 Å². The maximum Gasteiger partial charge on any atom is 0.142 e. The van der Waals surface area contributed by atoms with Crippen molar-refractivity contribution in [1.82, 2.24) is 14.5 Å². The van der Waals surface area contributed by atoms with Crippen molar-refractivity contribution < 1.29 is 4.74 Å². The first-order valence-electron chi connectivity index (χ1n) is 7.86. The number of aryl methyl sites for hydroxylation is 2. The molecule has 0 aliphatic rings. The second kappa shape index (κ2) is 6.89. The molecule has 5 heteroatoms. The molecule has 2 aromatic heterocycles. The topological polar surface area (TPSA) is 66.0 Å². The van der Waals surface area contributed by atoms with E-state index in [9.17, 15) is 0 Å². The van der Waals surface area contributed by atoms with Crippen molar-refractivity contribution in [3.05, 3.63) is 47.8 Å². The van der Waals surface area contributed by atoms with Crippen LogP contribution in [-0.2, 0) is 11.3 Å². The molecule has 0 radical (unpaired) electrons. The number of hydrogen-bond acceptors (Lipinski definition) is 4. The third-order valence-corrected chi connectivity index (χ3v) is 4.00. The van der Waals surface area contributed by atoms with Gasteiger partial charge < -0.3 is 15.0 Å². The van der Waals surface area contributed by atoms with Gasteiger partial charge >= 0.3 is 0 Å². The van der Waals surface area contributed by atoms with Crippen molar-refractivity contribution in [2.75, 3.05) is 19.8 Å². The Morgan fingerprint density at radius 1 is 1.17 bits per heavy atom. The standard InChI is InChI=1S/C18H22N4O/c1-13-10-16-17(11-14(13)2)22(7-9-23-8-5-19)18(21-16)15-4-3-6-20-12-15/h3-4,6,10-12H,5,7-9,19H2,1-2H3. The van der Waals surface area contributed by atoms with Crippen LogP contribution < -0.4 is 5.73 Å².